The molecular weight excluding hydrogens is 456 g/mol. The number of carbonyl (C=O) groups excluding carboxylic acids is 1. The van der Waals surface area contributed by atoms with Gasteiger partial charge in [0.05, 0.1) is 11.1 Å². The van der Waals surface area contributed by atoms with Crippen LogP contribution < -0.4 is 5.32 Å². The number of hydrogen-bond donors (Lipinski definition) is 1. The van der Waals surface area contributed by atoms with Crippen LogP contribution in [0.1, 0.15) is 35.6 Å². The Morgan fingerprint density at radius 1 is 0.943 bits per heavy atom. The van der Waals surface area contributed by atoms with Crippen LogP contribution in [-0.4, -0.2) is 60.0 Å². The van der Waals surface area contributed by atoms with Crippen molar-refractivity contribution in [3.63, 3.8) is 0 Å². The minimum absolute atomic E-state index is 0.0912. The number of unbranched alkanes of at least 4 members (excludes halogenated alkanes) is 1. The molecule has 35 heavy (non-hydrogen) atoms. The van der Waals surface area contributed by atoms with E-state index in [1.807, 2.05) is 0 Å². The number of amides is 1. The van der Waals surface area contributed by atoms with E-state index in [0.29, 0.717) is 17.6 Å². The standard InChI is InChI=1S/C29H33ClN4O/c30-27-21-24(22-31-23-27)13-14-28(35)32-15-7-8-16-33-17-19-34(20-18-33)29(25-9-3-1-4-10-25)26-11-5-2-6-12-26/h1-6,9-14,21-23,29H,7-8,15-20H2,(H,32,35)/b14-13+. The van der Waals surface area contributed by atoms with Gasteiger partial charge < -0.3 is 10.2 Å². The second kappa shape index (κ2) is 13.2. The monoisotopic (exact) mass is 488 g/mol. The molecule has 0 spiro atoms. The Bertz CT molecular complexity index is 1040. The number of nitrogens with one attached hydrogen (secondary N) is 1. The normalized spacial score (nSPS) is 15.0. The molecule has 1 aliphatic heterocycles. The lowest BCUT2D eigenvalue weighted by molar-refractivity contribution is -0.116. The van der Waals surface area contributed by atoms with Gasteiger partial charge in [-0.3, -0.25) is 14.7 Å². The lowest BCUT2D eigenvalue weighted by Crippen LogP contribution is -2.48. The molecule has 1 N–H and O–H groups in total. The van der Waals surface area contributed by atoms with Crippen molar-refractivity contribution >= 4 is 23.6 Å². The predicted molar refractivity (Wildman–Crippen MR) is 143 cm³/mol. The number of benzene rings is 2. The number of hydrogen-bond acceptors (Lipinski definition) is 4. The zero-order chi connectivity index (χ0) is 24.3. The second-order valence-corrected chi connectivity index (χ2v) is 9.31. The van der Waals surface area contributed by atoms with Crippen LogP contribution in [0.3, 0.4) is 0 Å². The number of nitrogens with zero attached hydrogens (tertiary/aromatic N) is 3. The molecule has 1 saturated heterocycles. The molecule has 0 radical (unpaired) electrons. The molecule has 1 aromatic heterocycles. The molecular formula is C29H33ClN4O. The van der Waals surface area contributed by atoms with Gasteiger partial charge in [0.15, 0.2) is 0 Å². The van der Waals surface area contributed by atoms with E-state index in [4.69, 9.17) is 11.6 Å². The van der Waals surface area contributed by atoms with Crippen molar-refractivity contribution in [3.05, 3.63) is 107 Å². The van der Waals surface area contributed by atoms with Crippen molar-refractivity contribution in [2.45, 2.75) is 18.9 Å². The van der Waals surface area contributed by atoms with Crippen LogP contribution in [-0.2, 0) is 4.79 Å². The van der Waals surface area contributed by atoms with Crippen molar-refractivity contribution < 1.29 is 4.79 Å². The molecule has 0 bridgehead atoms. The van der Waals surface area contributed by atoms with E-state index in [1.165, 1.54) is 17.2 Å². The van der Waals surface area contributed by atoms with E-state index >= 15 is 0 Å². The van der Waals surface area contributed by atoms with E-state index in [2.05, 4.69) is 80.8 Å². The van der Waals surface area contributed by atoms with E-state index in [0.717, 1.165) is 51.1 Å². The number of rotatable bonds is 10. The highest BCUT2D eigenvalue weighted by Gasteiger charge is 2.26. The maximum Gasteiger partial charge on any atom is 0.243 e. The summed E-state index contributed by atoms with van der Waals surface area (Å²) < 4.78 is 0. The van der Waals surface area contributed by atoms with Crippen LogP contribution in [0.15, 0.2) is 85.2 Å². The number of halogens is 1. The molecule has 1 aliphatic rings. The van der Waals surface area contributed by atoms with E-state index < -0.39 is 0 Å². The van der Waals surface area contributed by atoms with Gasteiger partial charge in [-0.2, -0.15) is 0 Å². The Balaban J connectivity index is 1.18. The predicted octanol–water partition coefficient (Wildman–Crippen LogP) is 5.05. The van der Waals surface area contributed by atoms with Crippen LogP contribution in [0.4, 0.5) is 0 Å². The highest BCUT2D eigenvalue weighted by atomic mass is 35.5. The largest absolute Gasteiger partial charge is 0.353 e. The Kier molecular flexibility index (Phi) is 9.47. The fourth-order valence-electron chi connectivity index (χ4n) is 4.55. The number of aromatic nitrogens is 1. The van der Waals surface area contributed by atoms with Crippen LogP contribution in [0, 0.1) is 0 Å². The second-order valence-electron chi connectivity index (χ2n) is 8.87. The number of piperazine rings is 1. The minimum atomic E-state index is -0.0912. The topological polar surface area (TPSA) is 48.5 Å². The molecule has 2 aromatic carbocycles. The Morgan fingerprint density at radius 3 is 2.23 bits per heavy atom. The molecule has 0 saturated carbocycles. The highest BCUT2D eigenvalue weighted by molar-refractivity contribution is 6.30. The third-order valence-corrected chi connectivity index (χ3v) is 6.56. The van der Waals surface area contributed by atoms with Crippen LogP contribution >= 0.6 is 11.6 Å². The molecule has 0 unspecified atom stereocenters. The smallest absolute Gasteiger partial charge is 0.243 e. The third-order valence-electron chi connectivity index (χ3n) is 6.36. The quantitative estimate of drug-likeness (QED) is 0.320. The highest BCUT2D eigenvalue weighted by Crippen LogP contribution is 2.29. The first-order valence-electron chi connectivity index (χ1n) is 12.3. The molecule has 1 fully saturated rings. The van der Waals surface area contributed by atoms with Crippen molar-refractivity contribution in [1.29, 1.82) is 0 Å². The van der Waals surface area contributed by atoms with Crippen molar-refractivity contribution in [3.8, 4) is 0 Å². The summed E-state index contributed by atoms with van der Waals surface area (Å²) in [5.74, 6) is -0.0912. The fourth-order valence-corrected chi connectivity index (χ4v) is 4.73. The van der Waals surface area contributed by atoms with E-state index in [-0.39, 0.29) is 5.91 Å². The zero-order valence-electron chi connectivity index (χ0n) is 20.0. The summed E-state index contributed by atoms with van der Waals surface area (Å²) in [6, 6.07) is 23.7. The Labute approximate surface area is 213 Å². The molecule has 5 nitrogen and oxygen atoms in total. The summed E-state index contributed by atoms with van der Waals surface area (Å²) in [5.41, 5.74) is 3.51. The molecule has 1 amide bonds. The average Bonchev–Trinajstić information content (AvgIpc) is 2.90. The summed E-state index contributed by atoms with van der Waals surface area (Å²) in [5, 5.41) is 3.52. The summed E-state index contributed by atoms with van der Waals surface area (Å²) in [6.45, 7) is 5.98. The van der Waals surface area contributed by atoms with Gasteiger partial charge in [0.25, 0.3) is 0 Å². The Morgan fingerprint density at radius 2 is 1.60 bits per heavy atom. The number of pyridine rings is 1. The summed E-state index contributed by atoms with van der Waals surface area (Å²) in [6.07, 6.45) is 8.55. The zero-order valence-corrected chi connectivity index (χ0v) is 20.8. The van der Waals surface area contributed by atoms with Gasteiger partial charge in [-0.05, 0) is 48.2 Å². The first-order valence-corrected chi connectivity index (χ1v) is 12.7. The lowest BCUT2D eigenvalue weighted by atomic mass is 9.96. The van der Waals surface area contributed by atoms with Crippen LogP contribution in [0.5, 0.6) is 0 Å². The molecule has 0 aliphatic carbocycles. The van der Waals surface area contributed by atoms with Crippen LogP contribution in [0.2, 0.25) is 5.02 Å². The average molecular weight is 489 g/mol. The van der Waals surface area contributed by atoms with Crippen molar-refractivity contribution in [1.82, 2.24) is 20.1 Å². The van der Waals surface area contributed by atoms with Gasteiger partial charge in [-0.1, -0.05) is 72.3 Å². The van der Waals surface area contributed by atoms with Gasteiger partial charge >= 0.3 is 0 Å². The SMILES string of the molecule is O=C(/C=C/c1cncc(Cl)c1)NCCCCN1CCN(C(c2ccccc2)c2ccccc2)CC1. The Hall–Kier alpha value is -2.99. The molecule has 0 atom stereocenters. The summed E-state index contributed by atoms with van der Waals surface area (Å²) >= 11 is 5.92. The third kappa shape index (κ3) is 7.76. The number of carbonyl (C=O) groups is 1. The van der Waals surface area contributed by atoms with E-state index in [1.54, 1.807) is 24.5 Å². The first kappa shape index (κ1) is 25.1. The minimum Gasteiger partial charge on any atom is -0.353 e. The molecule has 2 heterocycles. The van der Waals surface area contributed by atoms with Crippen molar-refractivity contribution in [2.75, 3.05) is 39.3 Å². The lowest BCUT2D eigenvalue weighted by Gasteiger charge is -2.39. The van der Waals surface area contributed by atoms with Gasteiger partial charge in [-0.15, -0.1) is 0 Å². The van der Waals surface area contributed by atoms with Gasteiger partial charge in [-0.25, -0.2) is 0 Å². The fraction of sp³-hybridized carbons (Fsp3) is 0.310. The molecule has 3 aromatic rings. The molecule has 182 valence electrons. The van der Waals surface area contributed by atoms with Crippen molar-refractivity contribution in [2.24, 2.45) is 0 Å². The maximum absolute atomic E-state index is 12.0. The van der Waals surface area contributed by atoms with Crippen LogP contribution in [0.25, 0.3) is 6.08 Å². The summed E-state index contributed by atoms with van der Waals surface area (Å²) in [4.78, 5) is 21.2. The van der Waals surface area contributed by atoms with Gasteiger partial charge in [0, 0.05) is 51.2 Å². The molecule has 4 rings (SSSR count). The molecule has 6 heteroatoms. The maximum atomic E-state index is 12.0. The van der Waals surface area contributed by atoms with Gasteiger partial charge in [0.2, 0.25) is 5.91 Å². The van der Waals surface area contributed by atoms with Gasteiger partial charge in [0.1, 0.15) is 0 Å². The van der Waals surface area contributed by atoms with E-state index in [9.17, 15) is 4.79 Å². The summed E-state index contributed by atoms with van der Waals surface area (Å²) in [7, 11) is 0. The first-order chi connectivity index (χ1) is 17.2.